The van der Waals surface area contributed by atoms with Crippen LogP contribution in [-0.4, -0.2) is 211 Å². The lowest BCUT2D eigenvalue weighted by Gasteiger charge is -2.36. The lowest BCUT2D eigenvalue weighted by Crippen LogP contribution is -2.47. The largest absolute Gasteiger partial charge is 0.367 e. The Morgan fingerprint density at radius 2 is 0.559 bits per heavy atom. The van der Waals surface area contributed by atoms with Gasteiger partial charge in [0.2, 0.25) is 23.8 Å². The zero-order valence-corrected chi connectivity index (χ0v) is 74.2. The third-order valence-corrected chi connectivity index (χ3v) is 26.7. The molecule has 0 bridgehead atoms. The molecular weight excluding hydrogens is 1570 g/mol. The highest BCUT2D eigenvalue weighted by atomic mass is 15.5. The van der Waals surface area contributed by atoms with Crippen LogP contribution in [0.15, 0.2) is 243 Å². The van der Waals surface area contributed by atoms with Crippen LogP contribution in [0.5, 0.6) is 0 Å². The molecule has 0 aliphatic carbocycles. The number of piperazine rings is 1. The Kier molecular flexibility index (Phi) is 29.2. The maximum Gasteiger partial charge on any atom is 0.240 e. The zero-order chi connectivity index (χ0) is 85.6. The summed E-state index contributed by atoms with van der Waals surface area (Å²) in [5.41, 5.74) is 13.1. The van der Waals surface area contributed by atoms with Crippen LogP contribution in [-0.2, 0) is 26.2 Å². The number of anilines is 9. The van der Waals surface area contributed by atoms with E-state index in [9.17, 15) is 0 Å². The molecule has 127 heavy (non-hydrogen) atoms. The molecule has 13 heterocycles. The van der Waals surface area contributed by atoms with Crippen molar-refractivity contribution in [3.8, 4) is 0 Å². The van der Waals surface area contributed by atoms with Gasteiger partial charge in [0.15, 0.2) is 0 Å². The second-order valence-corrected chi connectivity index (χ2v) is 36.0. The summed E-state index contributed by atoms with van der Waals surface area (Å²) in [5.74, 6) is 9.03. The van der Waals surface area contributed by atoms with Crippen molar-refractivity contribution >= 4 is 96.5 Å². The van der Waals surface area contributed by atoms with Gasteiger partial charge in [-0.15, -0.1) is 0 Å². The number of likely N-dealkylation sites (tertiary alicyclic amines) is 4. The molecule has 658 valence electrons. The minimum atomic E-state index is 0.421. The second-order valence-electron chi connectivity index (χ2n) is 36.0. The molecule has 0 saturated carbocycles. The number of rotatable bonds is 22. The molecule has 21 rings (SSSR count). The first kappa shape index (κ1) is 86.0. The van der Waals surface area contributed by atoms with Crippen LogP contribution < -0.4 is 46.3 Å². The molecule has 8 aromatic carbocycles. The Morgan fingerprint density at radius 1 is 0.260 bits per heavy atom. The van der Waals surface area contributed by atoms with Gasteiger partial charge in [0.1, 0.15) is 29.1 Å². The zero-order valence-electron chi connectivity index (χ0n) is 74.2. The lowest BCUT2D eigenvalue weighted by molar-refractivity contribution is 0.211. The Balaban J connectivity index is 0.000000115. The van der Waals surface area contributed by atoms with Gasteiger partial charge in [-0.25, -0.2) is 29.9 Å². The topological polar surface area (TPSA) is 205 Å². The smallest absolute Gasteiger partial charge is 0.240 e. The summed E-state index contributed by atoms with van der Waals surface area (Å²) in [5, 5.41) is 21.8. The van der Waals surface area contributed by atoms with Crippen LogP contribution in [0.2, 0.25) is 0 Å². The van der Waals surface area contributed by atoms with E-state index < -0.39 is 0 Å². The van der Waals surface area contributed by atoms with Crippen molar-refractivity contribution in [2.24, 2.45) is 5.92 Å². The number of pyridine rings is 1. The van der Waals surface area contributed by atoms with Crippen molar-refractivity contribution in [3.05, 3.63) is 265 Å². The lowest BCUT2D eigenvalue weighted by atomic mass is 10.00. The van der Waals surface area contributed by atoms with Gasteiger partial charge in [0, 0.05) is 196 Å². The maximum atomic E-state index is 5.06. The second kappa shape index (κ2) is 43.2. The van der Waals surface area contributed by atoms with Crippen LogP contribution >= 0.6 is 0 Å². The molecule has 0 spiro atoms. The normalized spacial score (nSPS) is 18.4. The van der Waals surface area contributed by atoms with Crippen LogP contribution in [0.1, 0.15) is 125 Å². The van der Waals surface area contributed by atoms with Gasteiger partial charge in [-0.05, 0) is 179 Å². The van der Waals surface area contributed by atoms with Crippen molar-refractivity contribution < 1.29 is 0 Å². The Hall–Kier alpha value is -11.7. The molecular formula is C104H127N23. The molecule has 8 aliphatic rings. The predicted octanol–water partition coefficient (Wildman–Crippen LogP) is 18.2. The minimum Gasteiger partial charge on any atom is -0.367 e. The molecule has 0 amide bonds. The van der Waals surface area contributed by atoms with Gasteiger partial charge >= 0.3 is 0 Å². The highest BCUT2D eigenvalue weighted by Crippen LogP contribution is 2.34. The maximum absolute atomic E-state index is 5.06. The third-order valence-electron chi connectivity index (χ3n) is 26.7. The summed E-state index contributed by atoms with van der Waals surface area (Å²) >= 11 is 0. The number of hydrogen-bond acceptors (Lipinski definition) is 23. The van der Waals surface area contributed by atoms with E-state index in [1.165, 1.54) is 67.2 Å². The van der Waals surface area contributed by atoms with Crippen LogP contribution in [0.3, 0.4) is 0 Å². The van der Waals surface area contributed by atoms with E-state index in [1.807, 2.05) is 24.4 Å². The number of hydrazine groups is 1. The predicted molar refractivity (Wildman–Crippen MR) is 521 cm³/mol. The van der Waals surface area contributed by atoms with Gasteiger partial charge in [-0.1, -0.05) is 189 Å². The number of nitrogens with zero attached hydrogens (tertiary/aromatic N) is 18. The Morgan fingerprint density at radius 3 is 0.913 bits per heavy atom. The van der Waals surface area contributed by atoms with Crippen LogP contribution in [0, 0.1) is 5.92 Å². The molecule has 0 atom stereocenters. The highest BCUT2D eigenvalue weighted by molar-refractivity contribution is 5.93. The highest BCUT2D eigenvalue weighted by Gasteiger charge is 2.30. The minimum absolute atomic E-state index is 0.421. The van der Waals surface area contributed by atoms with E-state index in [0.29, 0.717) is 30.1 Å². The summed E-state index contributed by atoms with van der Waals surface area (Å²) in [4.78, 5) is 63.4. The molecule has 8 fully saturated rings. The molecule has 5 aromatic heterocycles. The number of benzene rings is 8. The van der Waals surface area contributed by atoms with Crippen molar-refractivity contribution in [1.29, 1.82) is 0 Å². The number of fused-ring (bicyclic) bond motifs is 4. The fraction of sp³-hybridized carbons (Fsp3) is 0.413. The summed E-state index contributed by atoms with van der Waals surface area (Å²) < 4.78 is 0. The van der Waals surface area contributed by atoms with Gasteiger partial charge < -0.3 is 40.9 Å². The molecule has 8 aliphatic heterocycles. The van der Waals surface area contributed by atoms with Gasteiger partial charge in [0.25, 0.3) is 0 Å². The molecule has 0 unspecified atom stereocenters. The average molecular weight is 1700 g/mol. The van der Waals surface area contributed by atoms with Gasteiger partial charge in [-0.2, -0.15) is 19.9 Å². The van der Waals surface area contributed by atoms with E-state index in [1.54, 1.807) is 0 Å². The first-order valence-corrected chi connectivity index (χ1v) is 47.4. The molecule has 0 radical (unpaired) electrons. The number of para-hydroxylation sites is 4. The first-order valence-electron chi connectivity index (χ1n) is 47.4. The van der Waals surface area contributed by atoms with Gasteiger partial charge in [-0.3, -0.25) is 25.0 Å². The summed E-state index contributed by atoms with van der Waals surface area (Å²) in [7, 11) is 0. The number of piperidine rings is 6. The van der Waals surface area contributed by atoms with E-state index >= 15 is 0 Å². The summed E-state index contributed by atoms with van der Waals surface area (Å²) in [6, 6.07) is 84.4. The molecule has 23 nitrogen and oxygen atoms in total. The number of aromatic nitrogens is 9. The molecule has 13 aromatic rings. The number of nitrogens with one attached hydrogen (secondary N) is 5. The fourth-order valence-corrected chi connectivity index (χ4v) is 19.2. The standard InChI is InChI=1S/C29H33N7.C26H33N5.C25H32N6.C24H29N5/c1-2-8-23(9-3-1)22-34-16-13-24(14-17-34)31-28-25-10-4-5-11-26(25)32-29(33-28)36-20-18-35(19-21-36)27-12-6-7-15-30-27;1-20-11-17-31(18-12-20)26-28-24-10-6-5-9-23(24)25(29-26)27-22-13-15-30(16-14-22)19-21-7-3-2-4-8-21;1-3-9-20(10-4-1)19-30-17-13-21(14-18-30)26-24-22-11-5-6-12-23(22)27-25(28-24)29-31-15-7-2-8-16-31;1-2-8-19(9-3-1)18-28-16-12-20(13-17-28)25-23-21-10-4-5-11-22(21)26-24(27-23)29-14-6-7-15-29/h1-12,15,24H,13-14,16-22H2,(H,31,32,33);2-10,20,22H,11-19H2,1H3,(H,27,28,29);1,3-6,9-12,21H,2,7-8,13-19H2,(H2,26,27,28,29);1-5,8-11,20H,6-7,12-18H2,(H,25,26,27). The van der Waals surface area contributed by atoms with E-state index in [2.05, 4.69) is 301 Å². The fourth-order valence-electron chi connectivity index (χ4n) is 19.2. The monoisotopic (exact) mass is 1700 g/mol. The quantitative estimate of drug-likeness (QED) is 0.0428. The molecule has 5 N–H and O–H groups in total. The van der Waals surface area contributed by atoms with E-state index in [4.69, 9.17) is 39.9 Å². The van der Waals surface area contributed by atoms with Crippen molar-refractivity contribution in [2.45, 2.75) is 154 Å². The molecule has 8 saturated heterocycles. The van der Waals surface area contributed by atoms with Crippen molar-refractivity contribution in [2.75, 3.05) is 164 Å². The van der Waals surface area contributed by atoms with Crippen LogP contribution in [0.25, 0.3) is 43.6 Å². The van der Waals surface area contributed by atoms with E-state index in [-0.39, 0.29) is 0 Å². The van der Waals surface area contributed by atoms with Crippen molar-refractivity contribution in [3.63, 3.8) is 0 Å². The SMILES string of the molecule is CC1CCN(c2nc(NC3CCN(Cc4ccccc4)CC3)c3ccccc3n2)CC1.c1ccc(CN2CCC(Nc3nc(N4CCCC4)nc4ccccc34)CC2)cc1.c1ccc(CN2CCC(Nc3nc(N4CCN(c5ccccn5)CC4)nc4ccccc34)CC2)cc1.c1ccc(CN2CCC(Nc3nc(NN4CCCCC4)nc4ccccc34)CC2)cc1. The Labute approximate surface area is 750 Å². The summed E-state index contributed by atoms with van der Waals surface area (Å²) in [6.07, 6.45) is 19.6. The third kappa shape index (κ3) is 23.6. The number of hydrogen-bond donors (Lipinski definition) is 5. The molecule has 23 heteroatoms. The van der Waals surface area contributed by atoms with E-state index in [0.717, 1.165) is 292 Å². The van der Waals surface area contributed by atoms with Gasteiger partial charge in [0.05, 0.1) is 22.1 Å². The van der Waals surface area contributed by atoms with Crippen molar-refractivity contribution in [1.82, 2.24) is 69.5 Å². The average Bonchev–Trinajstić information content (AvgIpc) is 1.04. The van der Waals surface area contributed by atoms with Crippen LogP contribution in [0.4, 0.5) is 52.9 Å². The first-order chi connectivity index (χ1) is 62.7. The summed E-state index contributed by atoms with van der Waals surface area (Å²) in [6.45, 7) is 25.3. The Bertz CT molecular complexity index is 5550.